The molecule has 1 aromatic heterocycles. The van der Waals surface area contributed by atoms with Crippen LogP contribution in [0, 0.1) is 11.6 Å². The van der Waals surface area contributed by atoms with Gasteiger partial charge in [0.2, 0.25) is 5.13 Å². The lowest BCUT2D eigenvalue weighted by Crippen LogP contribution is -2.13. The van der Waals surface area contributed by atoms with Crippen molar-refractivity contribution >= 4 is 33.8 Å². The molecule has 3 aromatic carbocycles. The van der Waals surface area contributed by atoms with Gasteiger partial charge in [-0.15, -0.1) is 10.2 Å². The molecule has 4 aromatic rings. The molecule has 150 valence electrons. The molecular weight excluding hydrogens is 406 g/mol. The van der Waals surface area contributed by atoms with E-state index in [2.05, 4.69) is 15.5 Å². The molecule has 0 unspecified atom stereocenters. The number of anilines is 3. The Kier molecular flexibility index (Phi) is 5.49. The summed E-state index contributed by atoms with van der Waals surface area (Å²) in [6.45, 7) is 0. The van der Waals surface area contributed by atoms with Crippen LogP contribution in [0.3, 0.4) is 0 Å². The minimum Gasteiger partial charge on any atom is -0.322 e. The number of carbonyl (C=O) groups excluding carboxylic acids is 1. The number of hydrogen-bond acceptors (Lipinski definition) is 5. The van der Waals surface area contributed by atoms with Crippen molar-refractivity contribution in [2.24, 2.45) is 0 Å². The summed E-state index contributed by atoms with van der Waals surface area (Å²) in [5, 5.41) is 12.6. The van der Waals surface area contributed by atoms with Gasteiger partial charge in [0.15, 0.2) is 0 Å². The molecule has 5 nitrogen and oxygen atoms in total. The van der Waals surface area contributed by atoms with Crippen LogP contribution in [0.2, 0.25) is 0 Å². The molecule has 0 fully saturated rings. The van der Waals surface area contributed by atoms with Crippen molar-refractivity contribution in [3.05, 3.63) is 90.0 Å². The minimum atomic E-state index is -0.909. The van der Waals surface area contributed by atoms with Crippen molar-refractivity contribution in [1.29, 1.82) is 0 Å². The van der Waals surface area contributed by atoms with Crippen molar-refractivity contribution < 1.29 is 13.6 Å². The van der Waals surface area contributed by atoms with E-state index in [9.17, 15) is 13.6 Å². The lowest BCUT2D eigenvalue weighted by atomic mass is 10.1. The molecule has 0 bridgehead atoms. The van der Waals surface area contributed by atoms with Crippen molar-refractivity contribution in [2.75, 3.05) is 17.3 Å². The van der Waals surface area contributed by atoms with Crippen LogP contribution in [0.25, 0.3) is 10.6 Å². The summed E-state index contributed by atoms with van der Waals surface area (Å²) in [7, 11) is 1.92. The van der Waals surface area contributed by atoms with Gasteiger partial charge in [0.05, 0.1) is 5.56 Å². The number of halogens is 2. The fourth-order valence-electron chi connectivity index (χ4n) is 2.80. The summed E-state index contributed by atoms with van der Waals surface area (Å²) in [4.78, 5) is 14.2. The number of nitrogens with zero attached hydrogens (tertiary/aromatic N) is 3. The molecule has 0 saturated heterocycles. The lowest BCUT2D eigenvalue weighted by Gasteiger charge is -2.14. The zero-order valence-electron chi connectivity index (χ0n) is 15.8. The van der Waals surface area contributed by atoms with Gasteiger partial charge in [0.25, 0.3) is 5.91 Å². The van der Waals surface area contributed by atoms with Crippen LogP contribution in [0.15, 0.2) is 72.8 Å². The third kappa shape index (κ3) is 4.18. The van der Waals surface area contributed by atoms with Crippen LogP contribution in [-0.4, -0.2) is 23.2 Å². The first-order valence-corrected chi connectivity index (χ1v) is 9.82. The number of para-hydroxylation sites is 1. The summed E-state index contributed by atoms with van der Waals surface area (Å²) in [6, 6.07) is 19.6. The quantitative estimate of drug-likeness (QED) is 0.461. The molecule has 0 aliphatic rings. The third-order valence-corrected chi connectivity index (χ3v) is 5.46. The standard InChI is InChI=1S/C22H16F2N4OS/c1-28(17-5-3-2-4-6-17)22-27-26-21(30-22)14-7-10-16(11-8-14)25-20(29)18-12-9-15(23)13-19(18)24/h2-13H,1H3,(H,25,29). The highest BCUT2D eigenvalue weighted by molar-refractivity contribution is 7.18. The first-order chi connectivity index (χ1) is 14.5. The van der Waals surface area contributed by atoms with E-state index in [4.69, 9.17) is 0 Å². The highest BCUT2D eigenvalue weighted by Gasteiger charge is 2.14. The van der Waals surface area contributed by atoms with Crippen molar-refractivity contribution in [3.8, 4) is 10.6 Å². The molecular formula is C22H16F2N4OS. The minimum absolute atomic E-state index is 0.224. The van der Waals surface area contributed by atoms with Crippen LogP contribution < -0.4 is 10.2 Å². The first-order valence-electron chi connectivity index (χ1n) is 9.00. The highest BCUT2D eigenvalue weighted by atomic mass is 32.1. The Hall–Kier alpha value is -3.65. The van der Waals surface area contributed by atoms with E-state index in [0.717, 1.165) is 33.5 Å². The Morgan fingerprint density at radius 1 is 0.967 bits per heavy atom. The zero-order chi connectivity index (χ0) is 21.1. The second-order valence-corrected chi connectivity index (χ2v) is 7.40. The second kappa shape index (κ2) is 8.38. The molecule has 0 aliphatic heterocycles. The largest absolute Gasteiger partial charge is 0.322 e. The number of nitrogens with one attached hydrogen (secondary N) is 1. The van der Waals surface area contributed by atoms with Gasteiger partial charge >= 0.3 is 0 Å². The van der Waals surface area contributed by atoms with E-state index in [0.29, 0.717) is 11.8 Å². The first kappa shape index (κ1) is 19.7. The Labute approximate surface area is 175 Å². The zero-order valence-corrected chi connectivity index (χ0v) is 16.7. The molecule has 0 spiro atoms. The number of rotatable bonds is 5. The maximum atomic E-state index is 13.8. The number of hydrogen-bond donors (Lipinski definition) is 1. The van der Waals surface area contributed by atoms with Crippen molar-refractivity contribution in [1.82, 2.24) is 10.2 Å². The van der Waals surface area contributed by atoms with E-state index in [1.54, 1.807) is 24.3 Å². The van der Waals surface area contributed by atoms with Gasteiger partial charge < -0.3 is 10.2 Å². The van der Waals surface area contributed by atoms with Crippen LogP contribution in [-0.2, 0) is 0 Å². The van der Waals surface area contributed by atoms with Crippen molar-refractivity contribution in [3.63, 3.8) is 0 Å². The molecule has 0 saturated carbocycles. The molecule has 4 rings (SSSR count). The van der Waals surface area contributed by atoms with E-state index in [1.807, 2.05) is 42.3 Å². The maximum absolute atomic E-state index is 13.8. The highest BCUT2D eigenvalue weighted by Crippen LogP contribution is 2.32. The van der Waals surface area contributed by atoms with Gasteiger partial charge in [-0.25, -0.2) is 8.78 Å². The Balaban J connectivity index is 1.47. The number of benzene rings is 3. The summed E-state index contributed by atoms with van der Waals surface area (Å²) in [6.07, 6.45) is 0. The molecule has 1 amide bonds. The molecule has 30 heavy (non-hydrogen) atoms. The second-order valence-electron chi connectivity index (χ2n) is 6.44. The predicted octanol–water partition coefficient (Wildman–Crippen LogP) is 5.50. The monoisotopic (exact) mass is 422 g/mol. The van der Waals surface area contributed by atoms with E-state index in [-0.39, 0.29) is 5.56 Å². The molecule has 0 radical (unpaired) electrons. The SMILES string of the molecule is CN(c1ccccc1)c1nnc(-c2ccc(NC(=O)c3ccc(F)cc3F)cc2)s1. The normalized spacial score (nSPS) is 10.6. The molecule has 8 heteroatoms. The molecule has 0 atom stereocenters. The predicted molar refractivity (Wildman–Crippen MR) is 114 cm³/mol. The number of carbonyl (C=O) groups is 1. The van der Waals surface area contributed by atoms with E-state index < -0.39 is 17.5 Å². The van der Waals surface area contributed by atoms with Crippen LogP contribution >= 0.6 is 11.3 Å². The topological polar surface area (TPSA) is 58.1 Å². The molecule has 0 aliphatic carbocycles. The number of amides is 1. The van der Waals surface area contributed by atoms with Gasteiger partial charge in [-0.1, -0.05) is 29.5 Å². The Morgan fingerprint density at radius 2 is 1.70 bits per heavy atom. The third-order valence-electron chi connectivity index (χ3n) is 4.41. The smallest absolute Gasteiger partial charge is 0.258 e. The number of aromatic nitrogens is 2. The van der Waals surface area contributed by atoms with Crippen molar-refractivity contribution in [2.45, 2.75) is 0 Å². The van der Waals surface area contributed by atoms with Crippen LogP contribution in [0.1, 0.15) is 10.4 Å². The van der Waals surface area contributed by atoms with Gasteiger partial charge in [0, 0.05) is 30.1 Å². The van der Waals surface area contributed by atoms with Gasteiger partial charge in [-0.05, 0) is 48.5 Å². The van der Waals surface area contributed by atoms with Gasteiger partial charge in [0.1, 0.15) is 16.6 Å². The fourth-order valence-corrected chi connectivity index (χ4v) is 3.63. The van der Waals surface area contributed by atoms with Crippen LogP contribution in [0.4, 0.5) is 25.3 Å². The average molecular weight is 422 g/mol. The summed E-state index contributed by atoms with van der Waals surface area (Å²) < 4.78 is 26.8. The fraction of sp³-hybridized carbons (Fsp3) is 0.0455. The van der Waals surface area contributed by atoms with E-state index in [1.165, 1.54) is 11.3 Å². The molecule has 1 heterocycles. The summed E-state index contributed by atoms with van der Waals surface area (Å²) in [5.74, 6) is -2.29. The lowest BCUT2D eigenvalue weighted by molar-refractivity contribution is 0.102. The summed E-state index contributed by atoms with van der Waals surface area (Å²) in [5.41, 5.74) is 2.11. The molecule has 1 N–H and O–H groups in total. The Bertz CT molecular complexity index is 1180. The average Bonchev–Trinajstić information content (AvgIpc) is 3.24. The Morgan fingerprint density at radius 3 is 2.40 bits per heavy atom. The van der Waals surface area contributed by atoms with Gasteiger partial charge in [-0.3, -0.25) is 4.79 Å². The summed E-state index contributed by atoms with van der Waals surface area (Å²) >= 11 is 1.44. The van der Waals surface area contributed by atoms with Gasteiger partial charge in [-0.2, -0.15) is 0 Å². The van der Waals surface area contributed by atoms with Crippen LogP contribution in [0.5, 0.6) is 0 Å². The maximum Gasteiger partial charge on any atom is 0.258 e. The van der Waals surface area contributed by atoms with E-state index >= 15 is 0 Å².